The summed E-state index contributed by atoms with van der Waals surface area (Å²) >= 11 is 0. The molecular formula is C8H14F6O4S2. The Hall–Kier alpha value is -0.360. The van der Waals surface area contributed by atoms with Gasteiger partial charge >= 0.3 is 11.0 Å². The highest BCUT2D eigenvalue weighted by Gasteiger charge is 2.54. The largest absolute Gasteiger partial charge is 0.497 e. The van der Waals surface area contributed by atoms with Crippen LogP contribution in [0.25, 0.3) is 0 Å². The van der Waals surface area contributed by atoms with E-state index in [1.807, 2.05) is 0 Å². The van der Waals surface area contributed by atoms with E-state index in [2.05, 4.69) is 0 Å². The second-order valence-corrected chi connectivity index (χ2v) is 10.5. The highest BCUT2D eigenvalue weighted by atomic mass is 32.3. The molecule has 1 atom stereocenters. The van der Waals surface area contributed by atoms with Crippen LogP contribution < -0.4 is 0 Å². The Kier molecular flexibility index (Phi) is 5.03. The van der Waals surface area contributed by atoms with Gasteiger partial charge in [0.25, 0.3) is 9.84 Å². The highest BCUT2D eigenvalue weighted by Crippen LogP contribution is 2.41. The molecule has 0 saturated heterocycles. The Balaban J connectivity index is 5.31. The third-order valence-electron chi connectivity index (χ3n) is 2.73. The summed E-state index contributed by atoms with van der Waals surface area (Å²) in [4.78, 5) is 0. The number of alkyl halides is 6. The second-order valence-electron chi connectivity index (χ2n) is 4.44. The first-order chi connectivity index (χ1) is 8.44. The van der Waals surface area contributed by atoms with Crippen molar-refractivity contribution in [2.45, 2.75) is 36.0 Å². The molecular weight excluding hydrogens is 338 g/mol. The zero-order valence-electron chi connectivity index (χ0n) is 10.5. The Bertz CT molecular complexity index is 512. The van der Waals surface area contributed by atoms with Crippen molar-refractivity contribution in [1.29, 1.82) is 0 Å². The molecule has 0 bridgehead atoms. The van der Waals surface area contributed by atoms with E-state index in [0.29, 0.717) is 0 Å². The summed E-state index contributed by atoms with van der Waals surface area (Å²) in [6, 6.07) is 0. The number of rotatable bonds is 5. The van der Waals surface area contributed by atoms with Crippen molar-refractivity contribution in [2.75, 3.05) is 12.0 Å². The zero-order valence-corrected chi connectivity index (χ0v) is 12.1. The van der Waals surface area contributed by atoms with Crippen LogP contribution >= 0.6 is 0 Å². The molecule has 1 N–H and O–H groups in total. The van der Waals surface area contributed by atoms with Crippen LogP contribution in [0.3, 0.4) is 0 Å². The van der Waals surface area contributed by atoms with E-state index in [9.17, 15) is 39.0 Å². The third kappa shape index (κ3) is 3.85. The first kappa shape index (κ1) is 19.6. The maximum absolute atomic E-state index is 12.4. The average molecular weight is 352 g/mol. The van der Waals surface area contributed by atoms with Crippen LogP contribution in [0, 0.1) is 0 Å². The Morgan fingerprint density at radius 3 is 1.80 bits per heavy atom. The van der Waals surface area contributed by atoms with Gasteiger partial charge in [0.1, 0.15) is 0 Å². The molecule has 0 rings (SSSR count). The lowest BCUT2D eigenvalue weighted by Crippen LogP contribution is -2.50. The molecule has 1 unspecified atom stereocenters. The van der Waals surface area contributed by atoms with E-state index in [-0.39, 0.29) is 6.26 Å². The van der Waals surface area contributed by atoms with Gasteiger partial charge < -0.3 is 0 Å². The number of hydrogen-bond donors (Lipinski definition) is 1. The minimum Gasteiger partial charge on any atom is -0.296 e. The molecule has 12 heteroatoms. The molecule has 0 fully saturated rings. The van der Waals surface area contributed by atoms with E-state index < -0.39 is 54.0 Å². The molecule has 4 nitrogen and oxygen atoms in total. The Morgan fingerprint density at radius 1 is 1.15 bits per heavy atom. The quantitative estimate of drug-likeness (QED) is 0.772. The Labute approximate surface area is 111 Å². The first-order valence-corrected chi connectivity index (χ1v) is 9.23. The molecule has 0 aliphatic rings. The second kappa shape index (κ2) is 5.13. The lowest BCUT2D eigenvalue weighted by atomic mass is 10.3. The van der Waals surface area contributed by atoms with Crippen LogP contribution in [-0.2, 0) is 19.2 Å². The van der Waals surface area contributed by atoms with Crippen molar-refractivity contribution in [1.82, 2.24) is 0 Å². The summed E-state index contributed by atoms with van der Waals surface area (Å²) in [7, 11) is -11.9. The molecule has 0 spiro atoms. The number of hydrogen-bond acceptors (Lipinski definition) is 3. The molecule has 0 heterocycles. The standard InChI is InChI=1S/C8H14F6O4S2/c1-3-6(19(15,16)7(9,10)11)4-5-20(2,17,18)8(12,13)14/h6H,3-5H2,1-2H3,(H,17,18). The first-order valence-electron chi connectivity index (χ1n) is 5.18. The van der Waals surface area contributed by atoms with Gasteiger partial charge in [-0.15, -0.1) is 9.35 Å². The molecule has 0 radical (unpaired) electrons. The summed E-state index contributed by atoms with van der Waals surface area (Å²) in [5, 5.41) is -2.19. The molecule has 0 aliphatic heterocycles. The van der Waals surface area contributed by atoms with Gasteiger partial charge in [-0.2, -0.15) is 26.3 Å². The van der Waals surface area contributed by atoms with Crippen molar-refractivity contribution >= 4 is 19.2 Å². The lowest BCUT2D eigenvalue weighted by molar-refractivity contribution is -0.0532. The van der Waals surface area contributed by atoms with Crippen LogP contribution in [0.2, 0.25) is 0 Å². The van der Waals surface area contributed by atoms with Gasteiger partial charge in [-0.05, 0) is 12.8 Å². The highest BCUT2D eigenvalue weighted by molar-refractivity contribution is 8.15. The predicted octanol–water partition coefficient (Wildman–Crippen LogP) is 2.53. The third-order valence-corrected chi connectivity index (χ3v) is 7.21. The summed E-state index contributed by atoms with van der Waals surface area (Å²) < 4.78 is 117. The summed E-state index contributed by atoms with van der Waals surface area (Å²) in [6.07, 6.45) is -1.87. The lowest BCUT2D eigenvalue weighted by Gasteiger charge is -2.40. The van der Waals surface area contributed by atoms with E-state index in [0.717, 1.165) is 6.92 Å². The fraction of sp³-hybridized carbons (Fsp3) is 1.00. The topological polar surface area (TPSA) is 71.4 Å². The smallest absolute Gasteiger partial charge is 0.296 e. The summed E-state index contributed by atoms with van der Waals surface area (Å²) in [5.41, 5.74) is -11.2. The predicted molar refractivity (Wildman–Crippen MR) is 61.3 cm³/mol. The van der Waals surface area contributed by atoms with Gasteiger partial charge in [-0.25, -0.2) is 12.6 Å². The average Bonchev–Trinajstić information content (AvgIpc) is 2.13. The molecule has 0 aromatic carbocycles. The van der Waals surface area contributed by atoms with Crippen LogP contribution in [0.4, 0.5) is 26.3 Å². The van der Waals surface area contributed by atoms with Crippen molar-refractivity contribution < 1.29 is 43.5 Å². The molecule has 0 saturated carbocycles. The molecule has 124 valence electrons. The minimum atomic E-state index is -6.21. The van der Waals surface area contributed by atoms with Crippen LogP contribution in [-0.4, -0.2) is 45.5 Å². The summed E-state index contributed by atoms with van der Waals surface area (Å²) in [6.45, 7) is 1.03. The SMILES string of the molecule is CCC(CCS(C)(=O)(O)C(F)(F)F)S(=O)(=O)C(F)(F)F. The van der Waals surface area contributed by atoms with Gasteiger partial charge in [0, 0.05) is 12.0 Å². The zero-order chi connectivity index (χ0) is 16.6. The molecule has 0 aliphatic carbocycles. The van der Waals surface area contributed by atoms with Crippen molar-refractivity contribution in [2.24, 2.45) is 0 Å². The normalized spacial score (nSPS) is 18.4. The monoisotopic (exact) mass is 352 g/mol. The molecule has 20 heavy (non-hydrogen) atoms. The van der Waals surface area contributed by atoms with Crippen molar-refractivity contribution in [3.8, 4) is 0 Å². The molecule has 0 amide bonds. The number of halogens is 6. The van der Waals surface area contributed by atoms with E-state index in [1.54, 1.807) is 0 Å². The van der Waals surface area contributed by atoms with E-state index >= 15 is 0 Å². The fourth-order valence-corrected chi connectivity index (χ4v) is 3.76. The van der Waals surface area contributed by atoms with Crippen LogP contribution in [0.1, 0.15) is 19.8 Å². The minimum absolute atomic E-state index is 0.0376. The summed E-state index contributed by atoms with van der Waals surface area (Å²) in [5.74, 6) is -1.60. The van der Waals surface area contributed by atoms with Gasteiger partial charge in [0.05, 0.1) is 5.25 Å². The van der Waals surface area contributed by atoms with E-state index in [4.69, 9.17) is 4.55 Å². The molecule has 0 aromatic rings. The maximum atomic E-state index is 12.4. The van der Waals surface area contributed by atoms with Gasteiger partial charge in [-0.1, -0.05) is 6.92 Å². The Morgan fingerprint density at radius 2 is 1.55 bits per heavy atom. The van der Waals surface area contributed by atoms with Crippen molar-refractivity contribution in [3.63, 3.8) is 0 Å². The van der Waals surface area contributed by atoms with Crippen LogP contribution in [0.5, 0.6) is 0 Å². The maximum Gasteiger partial charge on any atom is 0.497 e. The fourth-order valence-electron chi connectivity index (χ4n) is 1.29. The van der Waals surface area contributed by atoms with Crippen LogP contribution in [0.15, 0.2) is 0 Å². The van der Waals surface area contributed by atoms with Gasteiger partial charge in [0.2, 0.25) is 0 Å². The van der Waals surface area contributed by atoms with Gasteiger partial charge in [0.15, 0.2) is 0 Å². The van der Waals surface area contributed by atoms with Gasteiger partial charge in [-0.3, -0.25) is 4.55 Å². The number of sulfone groups is 1. The van der Waals surface area contributed by atoms with Crippen molar-refractivity contribution in [3.05, 3.63) is 0 Å². The van der Waals surface area contributed by atoms with E-state index in [1.165, 1.54) is 0 Å². The molecule has 0 aromatic heterocycles.